The van der Waals surface area contributed by atoms with Crippen LogP contribution in [0.25, 0.3) is 0 Å². The number of nitrogens with two attached hydrogens (primary N) is 1. The van der Waals surface area contributed by atoms with Gasteiger partial charge >= 0.3 is 0 Å². The number of halogens is 1. The van der Waals surface area contributed by atoms with Gasteiger partial charge in [0.2, 0.25) is 5.78 Å². The molecule has 0 saturated carbocycles. The molecule has 0 saturated heterocycles. The molecule has 0 fully saturated rings. The van der Waals surface area contributed by atoms with Crippen LogP contribution in [0.4, 0.5) is 10.1 Å². The summed E-state index contributed by atoms with van der Waals surface area (Å²) in [6.45, 7) is 0. The third-order valence-electron chi connectivity index (χ3n) is 1.39. The van der Waals surface area contributed by atoms with Gasteiger partial charge in [-0.1, -0.05) is 0 Å². The van der Waals surface area contributed by atoms with E-state index in [1.165, 1.54) is 12.1 Å². The second-order valence-electron chi connectivity index (χ2n) is 2.21. The lowest BCUT2D eigenvalue weighted by Gasteiger charge is -1.97. The summed E-state index contributed by atoms with van der Waals surface area (Å²) < 4.78 is 12.7. The lowest BCUT2D eigenvalue weighted by atomic mass is 10.1. The van der Waals surface area contributed by atoms with Gasteiger partial charge in [0.15, 0.2) is 0 Å². The summed E-state index contributed by atoms with van der Waals surface area (Å²) in [6, 6.07) is 3.72. The van der Waals surface area contributed by atoms with Crippen LogP contribution in [0.2, 0.25) is 0 Å². The summed E-state index contributed by atoms with van der Waals surface area (Å²) in [5.74, 6) is 0.706. The Morgan fingerprint density at radius 1 is 1.58 bits per heavy atom. The van der Waals surface area contributed by atoms with E-state index in [0.717, 1.165) is 6.07 Å². The fourth-order valence-corrected chi connectivity index (χ4v) is 0.752. The van der Waals surface area contributed by atoms with E-state index < -0.39 is 11.6 Å². The van der Waals surface area contributed by atoms with E-state index in [1.807, 2.05) is 5.92 Å². The molecule has 3 heteroatoms. The first kappa shape index (κ1) is 8.28. The Labute approximate surface area is 69.2 Å². The number of hydrogen-bond acceptors (Lipinski definition) is 2. The molecule has 0 spiro atoms. The standard InChI is InChI=1S/C9H6FNO/c1-2-9(12)6-3-4-8(11)7(10)5-6/h1,3-5H,11H2. The molecule has 2 nitrogen and oxygen atoms in total. The Morgan fingerprint density at radius 3 is 2.75 bits per heavy atom. The summed E-state index contributed by atoms with van der Waals surface area (Å²) in [4.78, 5) is 10.8. The van der Waals surface area contributed by atoms with Crippen LogP contribution in [0, 0.1) is 18.2 Å². The normalized spacial score (nSPS) is 9.00. The van der Waals surface area contributed by atoms with Crippen molar-refractivity contribution in [1.82, 2.24) is 0 Å². The molecule has 0 bridgehead atoms. The lowest BCUT2D eigenvalue weighted by molar-refractivity contribution is 0.105. The van der Waals surface area contributed by atoms with E-state index in [-0.39, 0.29) is 11.3 Å². The quantitative estimate of drug-likeness (QED) is 0.293. The van der Waals surface area contributed by atoms with Gasteiger partial charge in [-0.25, -0.2) is 4.39 Å². The van der Waals surface area contributed by atoms with Crippen molar-refractivity contribution < 1.29 is 9.18 Å². The molecule has 0 unspecified atom stereocenters. The highest BCUT2D eigenvalue weighted by Crippen LogP contribution is 2.11. The van der Waals surface area contributed by atoms with Gasteiger partial charge in [-0.15, -0.1) is 6.42 Å². The molecule has 0 heterocycles. The van der Waals surface area contributed by atoms with Crippen molar-refractivity contribution >= 4 is 11.5 Å². The maximum absolute atomic E-state index is 12.7. The van der Waals surface area contributed by atoms with Gasteiger partial charge in [0, 0.05) is 5.56 Å². The number of nitrogen functional groups attached to an aromatic ring is 1. The van der Waals surface area contributed by atoms with Gasteiger partial charge in [0.25, 0.3) is 0 Å². The zero-order chi connectivity index (χ0) is 9.14. The van der Waals surface area contributed by atoms with Crippen molar-refractivity contribution in [2.75, 3.05) is 5.73 Å². The molecule has 0 aromatic heterocycles. The fourth-order valence-electron chi connectivity index (χ4n) is 0.752. The molecule has 1 rings (SSSR count). The van der Waals surface area contributed by atoms with E-state index in [4.69, 9.17) is 12.2 Å². The van der Waals surface area contributed by atoms with E-state index in [1.54, 1.807) is 0 Å². The smallest absolute Gasteiger partial charge is 0.235 e. The van der Waals surface area contributed by atoms with Gasteiger partial charge in [-0.2, -0.15) is 0 Å². The van der Waals surface area contributed by atoms with Crippen molar-refractivity contribution in [3.63, 3.8) is 0 Å². The van der Waals surface area contributed by atoms with Gasteiger partial charge in [0.1, 0.15) is 5.82 Å². The van der Waals surface area contributed by atoms with Crippen LogP contribution in [0.15, 0.2) is 18.2 Å². The second-order valence-corrected chi connectivity index (χ2v) is 2.21. The molecular weight excluding hydrogens is 157 g/mol. The number of anilines is 1. The summed E-state index contributed by atoms with van der Waals surface area (Å²) in [7, 11) is 0. The summed E-state index contributed by atoms with van der Waals surface area (Å²) in [5, 5.41) is 0. The maximum Gasteiger partial charge on any atom is 0.235 e. The monoisotopic (exact) mass is 163 g/mol. The average molecular weight is 163 g/mol. The zero-order valence-corrected chi connectivity index (χ0v) is 6.17. The van der Waals surface area contributed by atoms with E-state index >= 15 is 0 Å². The Hall–Kier alpha value is -1.82. The molecule has 60 valence electrons. The first-order chi connectivity index (χ1) is 5.65. The van der Waals surface area contributed by atoms with Gasteiger partial charge in [0.05, 0.1) is 5.69 Å². The Balaban J connectivity index is 3.15. The predicted molar refractivity (Wildman–Crippen MR) is 44.0 cm³/mol. The van der Waals surface area contributed by atoms with Gasteiger partial charge in [-0.3, -0.25) is 4.79 Å². The van der Waals surface area contributed by atoms with E-state index in [0.29, 0.717) is 0 Å². The van der Waals surface area contributed by atoms with Gasteiger partial charge < -0.3 is 5.73 Å². The van der Waals surface area contributed by atoms with Crippen LogP contribution in [0.5, 0.6) is 0 Å². The molecule has 0 radical (unpaired) electrons. The third kappa shape index (κ3) is 1.43. The van der Waals surface area contributed by atoms with Crippen molar-refractivity contribution in [2.24, 2.45) is 0 Å². The number of Topliss-reactive ketones (excluding diaryl/α,β-unsaturated/α-hetero) is 1. The molecule has 0 aliphatic heterocycles. The molecule has 0 atom stereocenters. The molecule has 1 aromatic rings. The highest BCUT2D eigenvalue weighted by Gasteiger charge is 2.04. The van der Waals surface area contributed by atoms with Crippen LogP contribution < -0.4 is 5.73 Å². The fraction of sp³-hybridized carbons (Fsp3) is 0. The van der Waals surface area contributed by atoms with Crippen LogP contribution in [0.1, 0.15) is 10.4 Å². The van der Waals surface area contributed by atoms with Gasteiger partial charge in [-0.05, 0) is 24.1 Å². The molecule has 0 aliphatic carbocycles. The largest absolute Gasteiger partial charge is 0.396 e. The van der Waals surface area contributed by atoms with Crippen molar-refractivity contribution in [1.29, 1.82) is 0 Å². The molecule has 0 aliphatic rings. The first-order valence-electron chi connectivity index (χ1n) is 3.21. The second kappa shape index (κ2) is 3.05. The molecular formula is C9H6FNO. The van der Waals surface area contributed by atoms with Crippen LogP contribution >= 0.6 is 0 Å². The van der Waals surface area contributed by atoms with E-state index in [2.05, 4.69) is 0 Å². The summed E-state index contributed by atoms with van der Waals surface area (Å²) in [6.07, 6.45) is 4.84. The average Bonchev–Trinajstić information content (AvgIpc) is 2.08. The minimum Gasteiger partial charge on any atom is -0.396 e. The third-order valence-corrected chi connectivity index (χ3v) is 1.39. The van der Waals surface area contributed by atoms with Crippen molar-refractivity contribution in [3.8, 4) is 12.3 Å². The Kier molecular flexibility index (Phi) is 2.11. The summed E-state index contributed by atoms with van der Waals surface area (Å²) >= 11 is 0. The molecule has 1 aromatic carbocycles. The molecule has 12 heavy (non-hydrogen) atoms. The number of terminal acetylenes is 1. The van der Waals surface area contributed by atoms with Crippen LogP contribution in [-0.2, 0) is 0 Å². The minimum atomic E-state index is -0.629. The summed E-state index contributed by atoms with van der Waals surface area (Å²) in [5.41, 5.74) is 5.34. The first-order valence-corrected chi connectivity index (χ1v) is 3.21. The number of benzene rings is 1. The highest BCUT2D eigenvalue weighted by molar-refractivity contribution is 6.08. The van der Waals surface area contributed by atoms with Crippen LogP contribution in [0.3, 0.4) is 0 Å². The maximum atomic E-state index is 12.7. The highest BCUT2D eigenvalue weighted by atomic mass is 19.1. The number of rotatable bonds is 1. The molecule has 2 N–H and O–H groups in total. The lowest BCUT2D eigenvalue weighted by Crippen LogP contribution is -1.97. The topological polar surface area (TPSA) is 43.1 Å². The Bertz CT molecular complexity index is 365. The minimum absolute atomic E-state index is 0.00331. The molecule has 0 amide bonds. The Morgan fingerprint density at radius 2 is 2.25 bits per heavy atom. The number of hydrogen-bond donors (Lipinski definition) is 1. The zero-order valence-electron chi connectivity index (χ0n) is 6.17. The van der Waals surface area contributed by atoms with E-state index in [9.17, 15) is 9.18 Å². The number of ketones is 1. The SMILES string of the molecule is C#CC(=O)c1ccc(N)c(F)c1. The predicted octanol–water partition coefficient (Wildman–Crippen LogP) is 1.22. The van der Waals surface area contributed by atoms with Crippen molar-refractivity contribution in [3.05, 3.63) is 29.6 Å². The number of carbonyl (C=O) groups is 1. The number of carbonyl (C=O) groups excluding carboxylic acids is 1. The van der Waals surface area contributed by atoms with Crippen molar-refractivity contribution in [2.45, 2.75) is 0 Å². The van der Waals surface area contributed by atoms with Crippen LogP contribution in [-0.4, -0.2) is 5.78 Å².